The van der Waals surface area contributed by atoms with Crippen molar-refractivity contribution in [2.75, 3.05) is 6.54 Å². The summed E-state index contributed by atoms with van der Waals surface area (Å²) in [6.07, 6.45) is 1.07. The molecule has 2 heteroatoms. The smallest absolute Gasteiger partial charge is 0.0345 e. The summed E-state index contributed by atoms with van der Waals surface area (Å²) in [4.78, 5) is 1.44. The van der Waals surface area contributed by atoms with Crippen LogP contribution in [0.3, 0.4) is 0 Å². The molecule has 0 aliphatic carbocycles. The lowest BCUT2D eigenvalue weighted by Crippen LogP contribution is -2.25. The summed E-state index contributed by atoms with van der Waals surface area (Å²) in [5, 5.41) is 1.35. The van der Waals surface area contributed by atoms with Crippen molar-refractivity contribution in [3.8, 4) is 0 Å². The van der Waals surface area contributed by atoms with Gasteiger partial charge in [-0.2, -0.15) is 0 Å². The molecule has 1 aromatic heterocycles. The molecule has 0 atom stereocenters. The zero-order chi connectivity index (χ0) is 10.9. The standard InChI is InChI=1S/C13H17NS/c1-13(2,9-14)8-11-7-10-5-3-4-6-12(10)15-11/h3-7H,8-9,14H2,1-2H3. The minimum absolute atomic E-state index is 0.209. The maximum Gasteiger partial charge on any atom is 0.0345 e. The molecule has 0 fully saturated rings. The van der Waals surface area contributed by atoms with Gasteiger partial charge in [-0.15, -0.1) is 11.3 Å². The SMILES string of the molecule is CC(C)(CN)Cc1cc2ccccc2s1. The largest absolute Gasteiger partial charge is 0.330 e. The molecule has 0 radical (unpaired) electrons. The van der Waals surface area contributed by atoms with Crippen molar-refractivity contribution in [2.24, 2.45) is 11.1 Å². The van der Waals surface area contributed by atoms with Crippen LogP contribution in [0, 0.1) is 5.41 Å². The van der Waals surface area contributed by atoms with Crippen LogP contribution in [0.5, 0.6) is 0 Å². The highest BCUT2D eigenvalue weighted by Crippen LogP contribution is 2.30. The van der Waals surface area contributed by atoms with Crippen molar-refractivity contribution < 1.29 is 0 Å². The average molecular weight is 219 g/mol. The van der Waals surface area contributed by atoms with Crippen molar-refractivity contribution >= 4 is 21.4 Å². The first kappa shape index (κ1) is 10.7. The highest BCUT2D eigenvalue weighted by Gasteiger charge is 2.17. The van der Waals surface area contributed by atoms with Crippen LogP contribution in [0.25, 0.3) is 10.1 Å². The maximum atomic E-state index is 5.75. The first-order chi connectivity index (χ1) is 7.11. The van der Waals surface area contributed by atoms with E-state index in [1.165, 1.54) is 15.0 Å². The molecule has 1 aromatic carbocycles. The van der Waals surface area contributed by atoms with E-state index in [1.54, 1.807) is 0 Å². The molecule has 1 heterocycles. The number of fused-ring (bicyclic) bond motifs is 1. The fourth-order valence-corrected chi connectivity index (χ4v) is 2.99. The fourth-order valence-electron chi connectivity index (χ4n) is 1.67. The lowest BCUT2D eigenvalue weighted by atomic mass is 9.89. The first-order valence-electron chi connectivity index (χ1n) is 5.28. The summed E-state index contributed by atoms with van der Waals surface area (Å²) in [5.41, 5.74) is 5.96. The van der Waals surface area contributed by atoms with Crippen LogP contribution < -0.4 is 5.73 Å². The molecule has 80 valence electrons. The third-order valence-electron chi connectivity index (χ3n) is 2.68. The Morgan fingerprint density at radius 1 is 1.27 bits per heavy atom. The molecular weight excluding hydrogens is 202 g/mol. The van der Waals surface area contributed by atoms with Crippen LogP contribution in [-0.2, 0) is 6.42 Å². The van der Waals surface area contributed by atoms with Crippen LogP contribution in [0.2, 0.25) is 0 Å². The van der Waals surface area contributed by atoms with Gasteiger partial charge in [0.1, 0.15) is 0 Å². The fraction of sp³-hybridized carbons (Fsp3) is 0.385. The number of thiophene rings is 1. The Morgan fingerprint density at radius 2 is 2.00 bits per heavy atom. The predicted molar refractivity (Wildman–Crippen MR) is 68.4 cm³/mol. The van der Waals surface area contributed by atoms with Gasteiger partial charge in [0.25, 0.3) is 0 Å². The average Bonchev–Trinajstić information content (AvgIpc) is 2.58. The molecule has 0 unspecified atom stereocenters. The summed E-state index contributed by atoms with van der Waals surface area (Å²) < 4.78 is 1.38. The Kier molecular flexibility index (Phi) is 2.81. The maximum absolute atomic E-state index is 5.75. The number of hydrogen-bond donors (Lipinski definition) is 1. The molecule has 1 nitrogen and oxygen atoms in total. The van der Waals surface area contributed by atoms with Gasteiger partial charge in [0.15, 0.2) is 0 Å². The summed E-state index contributed by atoms with van der Waals surface area (Å²) in [6.45, 7) is 5.18. The molecule has 0 aliphatic rings. The zero-order valence-electron chi connectivity index (χ0n) is 9.29. The Labute approximate surface area is 94.9 Å². The van der Waals surface area contributed by atoms with Gasteiger partial charge < -0.3 is 5.73 Å². The van der Waals surface area contributed by atoms with Crippen LogP contribution in [0.15, 0.2) is 30.3 Å². The lowest BCUT2D eigenvalue weighted by Gasteiger charge is -2.20. The monoisotopic (exact) mass is 219 g/mol. The van der Waals surface area contributed by atoms with Crippen LogP contribution in [0.1, 0.15) is 18.7 Å². The molecule has 2 aromatic rings. The highest BCUT2D eigenvalue weighted by atomic mass is 32.1. The second kappa shape index (κ2) is 3.95. The third kappa shape index (κ3) is 2.39. The minimum Gasteiger partial charge on any atom is -0.330 e. The summed E-state index contributed by atoms with van der Waals surface area (Å²) in [7, 11) is 0. The number of benzene rings is 1. The molecule has 0 saturated carbocycles. The third-order valence-corrected chi connectivity index (χ3v) is 3.80. The quantitative estimate of drug-likeness (QED) is 0.841. The van der Waals surface area contributed by atoms with Gasteiger partial charge in [0.2, 0.25) is 0 Å². The van der Waals surface area contributed by atoms with Gasteiger partial charge >= 0.3 is 0 Å². The van der Waals surface area contributed by atoms with Gasteiger partial charge in [-0.05, 0) is 35.9 Å². The van der Waals surface area contributed by atoms with Gasteiger partial charge in [0.05, 0.1) is 0 Å². The lowest BCUT2D eigenvalue weighted by molar-refractivity contribution is 0.380. The minimum atomic E-state index is 0.209. The van der Waals surface area contributed by atoms with E-state index in [2.05, 4.69) is 44.2 Å². The molecule has 2 rings (SSSR count). The van der Waals surface area contributed by atoms with E-state index in [4.69, 9.17) is 5.73 Å². The Morgan fingerprint density at radius 3 is 2.67 bits per heavy atom. The normalized spacial score (nSPS) is 12.2. The molecule has 2 N–H and O–H groups in total. The Hall–Kier alpha value is -0.860. The summed E-state index contributed by atoms with van der Waals surface area (Å²) in [5.74, 6) is 0. The van der Waals surface area contributed by atoms with Gasteiger partial charge in [0, 0.05) is 9.58 Å². The van der Waals surface area contributed by atoms with E-state index in [0.717, 1.165) is 13.0 Å². The second-order valence-electron chi connectivity index (χ2n) is 4.80. The summed E-state index contributed by atoms with van der Waals surface area (Å²) >= 11 is 1.88. The van der Waals surface area contributed by atoms with E-state index in [1.807, 2.05) is 11.3 Å². The van der Waals surface area contributed by atoms with E-state index in [-0.39, 0.29) is 5.41 Å². The van der Waals surface area contributed by atoms with Crippen LogP contribution >= 0.6 is 11.3 Å². The molecule has 0 saturated heterocycles. The second-order valence-corrected chi connectivity index (χ2v) is 5.96. The van der Waals surface area contributed by atoms with Gasteiger partial charge in [-0.1, -0.05) is 32.0 Å². The van der Waals surface area contributed by atoms with Crippen molar-refractivity contribution in [3.05, 3.63) is 35.2 Å². The van der Waals surface area contributed by atoms with Crippen molar-refractivity contribution in [3.63, 3.8) is 0 Å². The molecule has 0 amide bonds. The van der Waals surface area contributed by atoms with Crippen molar-refractivity contribution in [2.45, 2.75) is 20.3 Å². The van der Waals surface area contributed by atoms with Gasteiger partial charge in [-0.3, -0.25) is 0 Å². The first-order valence-corrected chi connectivity index (χ1v) is 6.10. The molecule has 0 bridgehead atoms. The molecule has 0 aliphatic heterocycles. The van der Waals surface area contributed by atoms with Crippen LogP contribution in [-0.4, -0.2) is 6.54 Å². The number of hydrogen-bond acceptors (Lipinski definition) is 2. The van der Waals surface area contributed by atoms with Crippen molar-refractivity contribution in [1.29, 1.82) is 0 Å². The van der Waals surface area contributed by atoms with E-state index >= 15 is 0 Å². The predicted octanol–water partition coefficient (Wildman–Crippen LogP) is 3.43. The highest BCUT2D eigenvalue weighted by molar-refractivity contribution is 7.19. The van der Waals surface area contributed by atoms with Crippen molar-refractivity contribution in [1.82, 2.24) is 0 Å². The van der Waals surface area contributed by atoms with E-state index < -0.39 is 0 Å². The van der Waals surface area contributed by atoms with Crippen LogP contribution in [0.4, 0.5) is 0 Å². The summed E-state index contributed by atoms with van der Waals surface area (Å²) in [6, 6.07) is 10.8. The Bertz CT molecular complexity index is 423. The zero-order valence-corrected chi connectivity index (χ0v) is 10.1. The Balaban J connectivity index is 2.30. The molecular formula is C13H17NS. The number of nitrogens with two attached hydrogens (primary N) is 1. The van der Waals surface area contributed by atoms with E-state index in [9.17, 15) is 0 Å². The molecule has 0 spiro atoms. The topological polar surface area (TPSA) is 26.0 Å². The van der Waals surface area contributed by atoms with Gasteiger partial charge in [-0.25, -0.2) is 0 Å². The molecule has 15 heavy (non-hydrogen) atoms. The number of rotatable bonds is 3. The van der Waals surface area contributed by atoms with E-state index in [0.29, 0.717) is 0 Å².